The molecule has 0 aliphatic carbocycles. The first-order valence-corrected chi connectivity index (χ1v) is 12.9. The minimum atomic E-state index is -1.61. The summed E-state index contributed by atoms with van der Waals surface area (Å²) >= 11 is 6.37. The lowest BCUT2D eigenvalue weighted by molar-refractivity contribution is -0.293. The number of carboxylic acid groups (broad SMARTS) is 1. The Morgan fingerprint density at radius 2 is 1.80 bits per heavy atom. The molecule has 1 aliphatic heterocycles. The van der Waals surface area contributed by atoms with Crippen molar-refractivity contribution in [3.05, 3.63) is 52.5 Å². The molecule has 1 amide bonds. The number of aliphatic hydroxyl groups is 3. The lowest BCUT2D eigenvalue weighted by Gasteiger charge is -2.40. The number of carbonyl (C=O) groups is 3. The molecule has 5 atom stereocenters. The standard InChI is InChI=1S/C27H32ClNO12/c1-37-18-11-19(39-13-14-5-3-6-15(9-14)29-21(31)7-4-8-22(32)33)17(28)10-16(18)26(36)41-25-24(35)23(34)20(12-30)40-27(25)38-2/h3,5-6,9-11,20,23-25,27,30,34-35H,4,7-8,12-13H2,1-2H3,(H,29,31)(H,32,33)/t20-,23-,24+,25-,27+/m1/s1. The van der Waals surface area contributed by atoms with Gasteiger partial charge in [-0.2, -0.15) is 0 Å². The first-order chi connectivity index (χ1) is 19.6. The van der Waals surface area contributed by atoms with Crippen LogP contribution in [-0.4, -0.2) is 89.8 Å². The lowest BCUT2D eigenvalue weighted by atomic mass is 9.99. The molecular weight excluding hydrogens is 566 g/mol. The van der Waals surface area contributed by atoms with Gasteiger partial charge in [0.1, 0.15) is 42.0 Å². The van der Waals surface area contributed by atoms with E-state index in [9.17, 15) is 29.7 Å². The predicted molar refractivity (Wildman–Crippen MR) is 143 cm³/mol. The highest BCUT2D eigenvalue weighted by Gasteiger charge is 2.47. The molecule has 2 aromatic carbocycles. The number of methoxy groups -OCH3 is 2. The van der Waals surface area contributed by atoms with Gasteiger partial charge in [0.15, 0.2) is 12.4 Å². The van der Waals surface area contributed by atoms with Crippen LogP contribution in [0.15, 0.2) is 36.4 Å². The third-order valence-electron chi connectivity index (χ3n) is 6.17. The number of amides is 1. The molecule has 0 aromatic heterocycles. The monoisotopic (exact) mass is 597 g/mol. The van der Waals surface area contributed by atoms with E-state index >= 15 is 0 Å². The number of halogens is 1. The van der Waals surface area contributed by atoms with Crippen molar-refractivity contribution in [2.24, 2.45) is 0 Å². The Morgan fingerprint density at radius 3 is 2.46 bits per heavy atom. The van der Waals surface area contributed by atoms with E-state index < -0.39 is 49.3 Å². The van der Waals surface area contributed by atoms with Crippen LogP contribution in [-0.2, 0) is 30.4 Å². The Morgan fingerprint density at radius 1 is 1.05 bits per heavy atom. The van der Waals surface area contributed by atoms with Crippen LogP contribution in [0, 0.1) is 0 Å². The maximum absolute atomic E-state index is 13.0. The molecule has 13 nitrogen and oxygen atoms in total. The second kappa shape index (κ2) is 15.0. The van der Waals surface area contributed by atoms with E-state index in [1.807, 2.05) is 0 Å². The molecular formula is C27H32ClNO12. The van der Waals surface area contributed by atoms with E-state index in [-0.39, 0.29) is 53.9 Å². The lowest BCUT2D eigenvalue weighted by Crippen LogP contribution is -2.60. The van der Waals surface area contributed by atoms with Gasteiger partial charge in [-0.25, -0.2) is 4.79 Å². The Kier molecular flexibility index (Phi) is 11.7. The van der Waals surface area contributed by atoms with Gasteiger partial charge in [-0.05, 0) is 30.2 Å². The molecule has 14 heteroatoms. The minimum absolute atomic E-state index is 0.0421. The van der Waals surface area contributed by atoms with Crippen LogP contribution < -0.4 is 14.8 Å². The molecule has 0 unspecified atom stereocenters. The first kappa shape index (κ1) is 32.1. The molecule has 2 aromatic rings. The third-order valence-corrected chi connectivity index (χ3v) is 6.47. The SMILES string of the molecule is COc1cc(OCc2cccc(NC(=O)CCCC(=O)O)c2)c(Cl)cc1C(=O)O[C@H]1[C@@H](OC)O[C@H](CO)[C@@H](O)[C@@H]1O. The van der Waals surface area contributed by atoms with Crippen LogP contribution in [0.2, 0.25) is 5.02 Å². The number of nitrogens with one attached hydrogen (secondary N) is 1. The fourth-order valence-electron chi connectivity index (χ4n) is 4.06. The van der Waals surface area contributed by atoms with Gasteiger partial charge in [0.05, 0.1) is 18.7 Å². The molecule has 1 saturated heterocycles. The molecule has 1 heterocycles. The van der Waals surface area contributed by atoms with Crippen molar-refractivity contribution >= 4 is 35.1 Å². The summed E-state index contributed by atoms with van der Waals surface area (Å²) in [7, 11) is 2.57. The zero-order valence-electron chi connectivity index (χ0n) is 22.3. The van der Waals surface area contributed by atoms with Gasteiger partial charge >= 0.3 is 11.9 Å². The van der Waals surface area contributed by atoms with Crippen LogP contribution in [0.1, 0.15) is 35.2 Å². The Bertz CT molecular complexity index is 1220. The highest BCUT2D eigenvalue weighted by atomic mass is 35.5. The van der Waals surface area contributed by atoms with E-state index in [0.29, 0.717) is 11.3 Å². The summed E-state index contributed by atoms with van der Waals surface area (Å²) in [5.41, 5.74) is 1.09. The number of aliphatic hydroxyl groups excluding tert-OH is 3. The van der Waals surface area contributed by atoms with Crippen LogP contribution in [0.3, 0.4) is 0 Å². The first-order valence-electron chi connectivity index (χ1n) is 12.5. The van der Waals surface area contributed by atoms with Gasteiger partial charge in [-0.15, -0.1) is 0 Å². The largest absolute Gasteiger partial charge is 0.496 e. The maximum atomic E-state index is 13.0. The van der Waals surface area contributed by atoms with Crippen LogP contribution in [0.25, 0.3) is 0 Å². The number of benzene rings is 2. The number of aliphatic carboxylic acids is 1. The fourth-order valence-corrected chi connectivity index (χ4v) is 4.27. The van der Waals surface area contributed by atoms with E-state index in [1.165, 1.54) is 26.4 Å². The summed E-state index contributed by atoms with van der Waals surface area (Å²) in [4.78, 5) is 35.7. The number of hydrogen-bond acceptors (Lipinski definition) is 11. The summed E-state index contributed by atoms with van der Waals surface area (Å²) in [6, 6.07) is 9.48. The van der Waals surface area contributed by atoms with Crippen molar-refractivity contribution in [3.63, 3.8) is 0 Å². The summed E-state index contributed by atoms with van der Waals surface area (Å²) in [5.74, 6) is -2.00. The molecule has 0 spiro atoms. The fraction of sp³-hybridized carbons (Fsp3) is 0.444. The highest BCUT2D eigenvalue weighted by Crippen LogP contribution is 2.35. The third kappa shape index (κ3) is 8.52. The van der Waals surface area contributed by atoms with Gasteiger partial charge in [0.25, 0.3) is 0 Å². The van der Waals surface area contributed by atoms with E-state index in [0.717, 1.165) is 0 Å². The normalized spacial score (nSPS) is 22.0. The summed E-state index contributed by atoms with van der Waals surface area (Å²) in [6.45, 7) is -0.544. The number of hydrogen-bond donors (Lipinski definition) is 5. The number of carbonyl (C=O) groups excluding carboxylic acids is 2. The molecule has 5 N–H and O–H groups in total. The van der Waals surface area contributed by atoms with E-state index in [1.54, 1.807) is 24.3 Å². The highest BCUT2D eigenvalue weighted by molar-refractivity contribution is 6.32. The second-order valence-electron chi connectivity index (χ2n) is 9.08. The molecule has 1 fully saturated rings. The molecule has 1 aliphatic rings. The molecule has 0 saturated carbocycles. The topological polar surface area (TPSA) is 190 Å². The maximum Gasteiger partial charge on any atom is 0.342 e. The quantitative estimate of drug-likeness (QED) is 0.210. The average molecular weight is 598 g/mol. The second-order valence-corrected chi connectivity index (χ2v) is 9.49. The number of carboxylic acids is 1. The zero-order chi connectivity index (χ0) is 30.1. The molecule has 0 bridgehead atoms. The van der Waals surface area contributed by atoms with Crippen LogP contribution >= 0.6 is 11.6 Å². The molecule has 3 rings (SSSR count). The van der Waals surface area contributed by atoms with Crippen LogP contribution in [0.4, 0.5) is 5.69 Å². The van der Waals surface area contributed by atoms with E-state index in [4.69, 9.17) is 40.4 Å². The molecule has 224 valence electrons. The summed E-state index contributed by atoms with van der Waals surface area (Å²) < 4.78 is 27.0. The van der Waals surface area contributed by atoms with Gasteiger partial charge < -0.3 is 49.4 Å². The van der Waals surface area contributed by atoms with Gasteiger partial charge in [0.2, 0.25) is 5.91 Å². The van der Waals surface area contributed by atoms with Gasteiger partial charge in [-0.3, -0.25) is 9.59 Å². The zero-order valence-corrected chi connectivity index (χ0v) is 23.1. The molecule has 0 radical (unpaired) electrons. The van der Waals surface area contributed by atoms with Crippen molar-refractivity contribution in [2.45, 2.75) is 56.6 Å². The smallest absolute Gasteiger partial charge is 0.342 e. The number of ether oxygens (including phenoxy) is 5. The van der Waals surface area contributed by atoms with E-state index in [2.05, 4.69) is 5.32 Å². The Balaban J connectivity index is 1.67. The summed E-state index contributed by atoms with van der Waals surface area (Å²) in [6.07, 6.45) is -6.76. The van der Waals surface area contributed by atoms with Crippen LogP contribution in [0.5, 0.6) is 11.5 Å². The van der Waals surface area contributed by atoms with Crippen molar-refractivity contribution in [1.82, 2.24) is 0 Å². The van der Waals surface area contributed by atoms with Gasteiger partial charge in [-0.1, -0.05) is 23.7 Å². The summed E-state index contributed by atoms with van der Waals surface area (Å²) in [5, 5.41) is 41.4. The van der Waals surface area contributed by atoms with Crippen molar-refractivity contribution in [1.29, 1.82) is 0 Å². The number of anilines is 1. The Hall–Kier alpha value is -3.46. The average Bonchev–Trinajstić information content (AvgIpc) is 2.94. The van der Waals surface area contributed by atoms with Gasteiger partial charge in [0, 0.05) is 31.7 Å². The number of rotatable bonds is 13. The van der Waals surface area contributed by atoms with Crippen molar-refractivity contribution in [3.8, 4) is 11.5 Å². The van der Waals surface area contributed by atoms with Crippen molar-refractivity contribution in [2.75, 3.05) is 26.1 Å². The minimum Gasteiger partial charge on any atom is -0.496 e. The molecule has 41 heavy (non-hydrogen) atoms. The Labute approximate surface area is 240 Å². The predicted octanol–water partition coefficient (Wildman–Crippen LogP) is 1.73. The number of esters is 1. The van der Waals surface area contributed by atoms with Crippen molar-refractivity contribution < 1.29 is 58.5 Å².